The Morgan fingerprint density at radius 2 is 2.22 bits per heavy atom. The molecule has 2 unspecified atom stereocenters. The number of aryl methyl sites for hydroxylation is 1. The molecule has 0 radical (unpaired) electrons. The molecule has 6 heteroatoms. The van der Waals surface area contributed by atoms with Crippen molar-refractivity contribution in [2.24, 2.45) is 10.9 Å². The Labute approximate surface area is 162 Å². The molecule has 1 aliphatic rings. The van der Waals surface area contributed by atoms with E-state index >= 15 is 0 Å². The number of aliphatic imine (C=N–C) groups is 1. The summed E-state index contributed by atoms with van der Waals surface area (Å²) in [6.07, 6.45) is 2.70. The number of nitrogens with zero attached hydrogens (tertiary/aromatic N) is 2. The van der Waals surface area contributed by atoms with Gasteiger partial charge in [0.1, 0.15) is 5.82 Å². The predicted octanol–water partition coefficient (Wildman–Crippen LogP) is 3.40. The van der Waals surface area contributed by atoms with Crippen molar-refractivity contribution in [3.05, 3.63) is 35.1 Å². The van der Waals surface area contributed by atoms with Crippen molar-refractivity contribution in [3.8, 4) is 0 Å². The zero-order valence-corrected chi connectivity index (χ0v) is 17.0. The Kier molecular flexibility index (Phi) is 8.07. The maximum atomic E-state index is 13.8. The minimum absolute atomic E-state index is 0.0865. The van der Waals surface area contributed by atoms with Crippen LogP contribution in [0.4, 0.5) is 4.39 Å². The van der Waals surface area contributed by atoms with Crippen LogP contribution in [0, 0.1) is 18.7 Å². The van der Waals surface area contributed by atoms with Gasteiger partial charge in [-0.3, -0.25) is 9.79 Å². The number of amides is 1. The highest BCUT2D eigenvalue weighted by Gasteiger charge is 2.20. The minimum Gasteiger partial charge on any atom is -0.357 e. The monoisotopic (exact) mass is 376 g/mol. The third-order valence-electron chi connectivity index (χ3n) is 5.00. The average molecular weight is 377 g/mol. The van der Waals surface area contributed by atoms with E-state index in [1.165, 1.54) is 6.42 Å². The lowest BCUT2D eigenvalue weighted by molar-refractivity contribution is -0.132. The molecule has 2 N–H and O–H groups in total. The second-order valence-corrected chi connectivity index (χ2v) is 7.47. The molecular weight excluding hydrogens is 343 g/mol. The third-order valence-corrected chi connectivity index (χ3v) is 5.00. The first-order valence-corrected chi connectivity index (χ1v) is 9.99. The topological polar surface area (TPSA) is 56.7 Å². The van der Waals surface area contributed by atoms with Gasteiger partial charge >= 0.3 is 0 Å². The molecule has 150 valence electrons. The van der Waals surface area contributed by atoms with Crippen molar-refractivity contribution in [2.45, 2.75) is 53.0 Å². The molecule has 27 heavy (non-hydrogen) atoms. The molecule has 5 nitrogen and oxygen atoms in total. The number of hydrogen-bond acceptors (Lipinski definition) is 2. The normalized spacial score (nSPS) is 18.9. The molecule has 2 rings (SSSR count). The van der Waals surface area contributed by atoms with E-state index in [0.717, 1.165) is 31.6 Å². The molecule has 1 saturated heterocycles. The van der Waals surface area contributed by atoms with Crippen LogP contribution in [-0.2, 0) is 4.79 Å². The van der Waals surface area contributed by atoms with Crippen LogP contribution in [-0.4, -0.2) is 42.9 Å². The Bertz CT molecular complexity index is 662. The fourth-order valence-corrected chi connectivity index (χ4v) is 3.32. The van der Waals surface area contributed by atoms with E-state index in [0.29, 0.717) is 30.4 Å². The number of rotatable bonds is 6. The van der Waals surface area contributed by atoms with Crippen LogP contribution in [0.3, 0.4) is 0 Å². The highest BCUT2D eigenvalue weighted by atomic mass is 19.1. The van der Waals surface area contributed by atoms with Gasteiger partial charge in [-0.2, -0.15) is 0 Å². The van der Waals surface area contributed by atoms with E-state index in [9.17, 15) is 9.18 Å². The molecule has 1 amide bonds. The van der Waals surface area contributed by atoms with E-state index in [2.05, 4.69) is 22.5 Å². The van der Waals surface area contributed by atoms with Gasteiger partial charge in [0, 0.05) is 26.1 Å². The number of guanidine groups is 1. The number of hydrogen-bond donors (Lipinski definition) is 2. The fraction of sp³-hybridized carbons (Fsp3) is 0.619. The van der Waals surface area contributed by atoms with Gasteiger partial charge in [0.05, 0.1) is 12.6 Å². The van der Waals surface area contributed by atoms with Crippen LogP contribution in [0.15, 0.2) is 23.2 Å². The minimum atomic E-state index is -0.204. The summed E-state index contributed by atoms with van der Waals surface area (Å²) in [5.41, 5.74) is 1.50. The molecule has 0 aromatic heterocycles. The molecule has 0 bridgehead atoms. The Hall–Kier alpha value is -2.11. The van der Waals surface area contributed by atoms with Crippen molar-refractivity contribution >= 4 is 11.9 Å². The molecule has 1 fully saturated rings. The quantitative estimate of drug-likeness (QED) is 0.591. The summed E-state index contributed by atoms with van der Waals surface area (Å²) < 4.78 is 13.8. The van der Waals surface area contributed by atoms with E-state index in [1.807, 2.05) is 24.8 Å². The summed E-state index contributed by atoms with van der Waals surface area (Å²) in [5, 5.41) is 6.48. The Balaban J connectivity index is 1.91. The van der Waals surface area contributed by atoms with Gasteiger partial charge in [0.15, 0.2) is 5.96 Å². The first-order chi connectivity index (χ1) is 12.9. The van der Waals surface area contributed by atoms with Gasteiger partial charge in [-0.15, -0.1) is 0 Å². The molecule has 0 saturated carbocycles. The van der Waals surface area contributed by atoms with Crippen molar-refractivity contribution in [2.75, 3.05) is 26.2 Å². The van der Waals surface area contributed by atoms with E-state index in [1.54, 1.807) is 19.1 Å². The summed E-state index contributed by atoms with van der Waals surface area (Å²) in [7, 11) is 0. The SMILES string of the molecule is CCNC(=NCCC(=O)N1CCCC(C)C1)NC(C)c1ccc(C)c(F)c1. The van der Waals surface area contributed by atoms with E-state index in [-0.39, 0.29) is 17.8 Å². The molecule has 0 spiro atoms. The summed E-state index contributed by atoms with van der Waals surface area (Å²) >= 11 is 0. The largest absolute Gasteiger partial charge is 0.357 e. The van der Waals surface area contributed by atoms with Gasteiger partial charge in [-0.25, -0.2) is 4.39 Å². The third kappa shape index (κ3) is 6.52. The summed E-state index contributed by atoms with van der Waals surface area (Å²) in [6.45, 7) is 10.8. The molecule has 1 aliphatic heterocycles. The Morgan fingerprint density at radius 3 is 2.89 bits per heavy atom. The predicted molar refractivity (Wildman–Crippen MR) is 108 cm³/mol. The number of nitrogens with one attached hydrogen (secondary N) is 2. The zero-order valence-electron chi connectivity index (χ0n) is 17.0. The number of piperidine rings is 1. The first kappa shape index (κ1) is 21.2. The highest BCUT2D eigenvalue weighted by Crippen LogP contribution is 2.17. The Morgan fingerprint density at radius 1 is 1.44 bits per heavy atom. The molecule has 1 heterocycles. The smallest absolute Gasteiger partial charge is 0.224 e. The second kappa shape index (κ2) is 10.3. The number of halogens is 1. The lowest BCUT2D eigenvalue weighted by atomic mass is 10.00. The van der Waals surface area contributed by atoms with Gasteiger partial charge in [0.25, 0.3) is 0 Å². The van der Waals surface area contributed by atoms with Gasteiger partial charge in [-0.05, 0) is 56.7 Å². The van der Waals surface area contributed by atoms with Crippen molar-refractivity contribution < 1.29 is 9.18 Å². The average Bonchev–Trinajstić information content (AvgIpc) is 2.64. The maximum Gasteiger partial charge on any atom is 0.224 e. The lowest BCUT2D eigenvalue weighted by Gasteiger charge is -2.30. The molecule has 1 aromatic rings. The van der Waals surface area contributed by atoms with Crippen LogP contribution >= 0.6 is 0 Å². The molecule has 0 aliphatic carbocycles. The summed E-state index contributed by atoms with van der Waals surface area (Å²) in [6, 6.07) is 5.17. The van der Waals surface area contributed by atoms with Crippen LogP contribution in [0.2, 0.25) is 0 Å². The van der Waals surface area contributed by atoms with E-state index < -0.39 is 0 Å². The van der Waals surface area contributed by atoms with Gasteiger partial charge < -0.3 is 15.5 Å². The first-order valence-electron chi connectivity index (χ1n) is 9.99. The molecule has 1 aromatic carbocycles. The number of carbonyl (C=O) groups is 1. The zero-order chi connectivity index (χ0) is 19.8. The van der Waals surface area contributed by atoms with Crippen LogP contribution in [0.5, 0.6) is 0 Å². The van der Waals surface area contributed by atoms with Crippen molar-refractivity contribution in [3.63, 3.8) is 0 Å². The summed E-state index contributed by atoms with van der Waals surface area (Å²) in [5.74, 6) is 1.20. The van der Waals surface area contributed by atoms with Crippen molar-refractivity contribution in [1.29, 1.82) is 0 Å². The van der Waals surface area contributed by atoms with E-state index in [4.69, 9.17) is 0 Å². The number of likely N-dealkylation sites (tertiary alicyclic amines) is 1. The number of carbonyl (C=O) groups excluding carboxylic acids is 1. The molecule has 2 atom stereocenters. The van der Waals surface area contributed by atoms with Gasteiger partial charge in [0.2, 0.25) is 5.91 Å². The number of benzene rings is 1. The van der Waals surface area contributed by atoms with Crippen LogP contribution in [0.1, 0.15) is 57.2 Å². The fourth-order valence-electron chi connectivity index (χ4n) is 3.32. The second-order valence-electron chi connectivity index (χ2n) is 7.47. The van der Waals surface area contributed by atoms with Gasteiger partial charge in [-0.1, -0.05) is 19.1 Å². The van der Waals surface area contributed by atoms with Crippen LogP contribution < -0.4 is 10.6 Å². The highest BCUT2D eigenvalue weighted by molar-refractivity contribution is 5.81. The summed E-state index contributed by atoms with van der Waals surface area (Å²) in [4.78, 5) is 18.9. The maximum absolute atomic E-state index is 13.8. The lowest BCUT2D eigenvalue weighted by Crippen LogP contribution is -2.40. The standard InChI is InChI=1S/C21H33FN4O/c1-5-23-21(25-17(4)18-9-8-16(3)19(22)13-18)24-11-10-20(27)26-12-6-7-15(2)14-26/h8-9,13,15,17H,5-7,10-12,14H2,1-4H3,(H2,23,24,25). The molecular formula is C21H33FN4O. The van der Waals surface area contributed by atoms with Crippen molar-refractivity contribution in [1.82, 2.24) is 15.5 Å². The van der Waals surface area contributed by atoms with Crippen LogP contribution in [0.25, 0.3) is 0 Å².